The molecule has 0 heterocycles. The van der Waals surface area contributed by atoms with Crippen LogP contribution in [0.4, 0.5) is 0 Å². The molecule has 0 aliphatic heterocycles. The molecule has 0 radical (unpaired) electrons. The molecule has 2 nitrogen and oxygen atoms in total. The fraction of sp³-hybridized carbons (Fsp3) is 0.571. The van der Waals surface area contributed by atoms with Gasteiger partial charge in [0.2, 0.25) is 0 Å². The summed E-state index contributed by atoms with van der Waals surface area (Å²) < 4.78 is 0. The standard InChI is InChI=1S/C14H23NO/c1-5-13(2,3)15-11-14(4,16)12-9-7-6-8-10-12/h6-10,15-16H,5,11H2,1-4H3. The number of hydrogen-bond donors (Lipinski definition) is 2. The molecule has 0 amide bonds. The monoisotopic (exact) mass is 221 g/mol. The van der Waals surface area contributed by atoms with E-state index in [1.807, 2.05) is 37.3 Å². The van der Waals surface area contributed by atoms with Crippen molar-refractivity contribution < 1.29 is 5.11 Å². The van der Waals surface area contributed by atoms with Crippen LogP contribution in [0.25, 0.3) is 0 Å². The van der Waals surface area contributed by atoms with Gasteiger partial charge >= 0.3 is 0 Å². The molecule has 0 bridgehead atoms. The highest BCUT2D eigenvalue weighted by molar-refractivity contribution is 5.21. The lowest BCUT2D eigenvalue weighted by Gasteiger charge is -2.31. The van der Waals surface area contributed by atoms with E-state index in [0.29, 0.717) is 6.54 Å². The first-order chi connectivity index (χ1) is 7.37. The topological polar surface area (TPSA) is 32.3 Å². The molecule has 16 heavy (non-hydrogen) atoms. The Morgan fingerprint density at radius 1 is 1.12 bits per heavy atom. The van der Waals surface area contributed by atoms with Gasteiger partial charge in [-0.25, -0.2) is 0 Å². The summed E-state index contributed by atoms with van der Waals surface area (Å²) in [7, 11) is 0. The summed E-state index contributed by atoms with van der Waals surface area (Å²) in [5, 5.41) is 13.8. The summed E-state index contributed by atoms with van der Waals surface area (Å²) in [6.07, 6.45) is 1.04. The van der Waals surface area contributed by atoms with Gasteiger partial charge in [0, 0.05) is 12.1 Å². The summed E-state index contributed by atoms with van der Waals surface area (Å²) in [4.78, 5) is 0. The fourth-order valence-corrected chi connectivity index (χ4v) is 1.44. The molecular formula is C14H23NO. The summed E-state index contributed by atoms with van der Waals surface area (Å²) in [5.41, 5.74) is 0.210. The molecule has 1 rings (SSSR count). The van der Waals surface area contributed by atoms with Crippen LogP contribution in [0.15, 0.2) is 30.3 Å². The van der Waals surface area contributed by atoms with E-state index in [1.165, 1.54) is 0 Å². The minimum atomic E-state index is -0.812. The third kappa shape index (κ3) is 3.62. The van der Waals surface area contributed by atoms with Crippen LogP contribution >= 0.6 is 0 Å². The van der Waals surface area contributed by atoms with Gasteiger partial charge in [-0.3, -0.25) is 0 Å². The SMILES string of the molecule is CCC(C)(C)NCC(C)(O)c1ccccc1. The second kappa shape index (κ2) is 4.98. The predicted molar refractivity (Wildman–Crippen MR) is 68.4 cm³/mol. The maximum absolute atomic E-state index is 10.4. The van der Waals surface area contributed by atoms with Gasteiger partial charge in [0.15, 0.2) is 0 Å². The number of nitrogens with one attached hydrogen (secondary N) is 1. The van der Waals surface area contributed by atoms with Crippen molar-refractivity contribution in [2.75, 3.05) is 6.54 Å². The molecule has 2 N–H and O–H groups in total. The van der Waals surface area contributed by atoms with Crippen molar-refractivity contribution in [1.82, 2.24) is 5.32 Å². The molecule has 1 aromatic rings. The van der Waals surface area contributed by atoms with Gasteiger partial charge in [0.1, 0.15) is 0 Å². The summed E-state index contributed by atoms with van der Waals surface area (Å²) in [6, 6.07) is 9.79. The van der Waals surface area contributed by atoms with Crippen molar-refractivity contribution in [3.05, 3.63) is 35.9 Å². The minimum absolute atomic E-state index is 0.0682. The van der Waals surface area contributed by atoms with E-state index >= 15 is 0 Å². The molecule has 0 saturated heterocycles. The number of rotatable bonds is 5. The number of benzene rings is 1. The molecular weight excluding hydrogens is 198 g/mol. The van der Waals surface area contributed by atoms with Crippen LogP contribution in [0.1, 0.15) is 39.7 Å². The van der Waals surface area contributed by atoms with Crippen LogP contribution in [0, 0.1) is 0 Å². The molecule has 1 atom stereocenters. The average molecular weight is 221 g/mol. The Labute approximate surface area is 98.7 Å². The minimum Gasteiger partial charge on any atom is -0.384 e. The van der Waals surface area contributed by atoms with Gasteiger partial charge in [-0.2, -0.15) is 0 Å². The predicted octanol–water partition coefficient (Wildman–Crippen LogP) is 2.67. The Balaban J connectivity index is 2.66. The third-order valence-electron chi connectivity index (χ3n) is 3.19. The van der Waals surface area contributed by atoms with Crippen LogP contribution < -0.4 is 5.32 Å². The van der Waals surface area contributed by atoms with Crippen LogP contribution in [0.3, 0.4) is 0 Å². The Morgan fingerprint density at radius 3 is 2.19 bits per heavy atom. The Morgan fingerprint density at radius 2 is 1.69 bits per heavy atom. The largest absolute Gasteiger partial charge is 0.384 e. The molecule has 1 unspecified atom stereocenters. The molecule has 0 aliphatic carbocycles. The van der Waals surface area contributed by atoms with Crippen molar-refractivity contribution in [3.8, 4) is 0 Å². The summed E-state index contributed by atoms with van der Waals surface area (Å²) in [5.74, 6) is 0. The van der Waals surface area contributed by atoms with Gasteiger partial charge in [-0.1, -0.05) is 37.3 Å². The van der Waals surface area contributed by atoms with Crippen molar-refractivity contribution in [2.24, 2.45) is 0 Å². The van der Waals surface area contributed by atoms with Crippen LogP contribution in [-0.4, -0.2) is 17.2 Å². The Hall–Kier alpha value is -0.860. The van der Waals surface area contributed by atoms with Gasteiger partial charge in [-0.15, -0.1) is 0 Å². The smallest absolute Gasteiger partial charge is 0.0992 e. The Kier molecular flexibility index (Phi) is 4.11. The molecule has 90 valence electrons. The van der Waals surface area contributed by atoms with Crippen molar-refractivity contribution in [2.45, 2.75) is 45.3 Å². The van der Waals surface area contributed by atoms with E-state index in [1.54, 1.807) is 0 Å². The first-order valence-electron chi connectivity index (χ1n) is 5.90. The highest BCUT2D eigenvalue weighted by atomic mass is 16.3. The normalized spacial score (nSPS) is 15.8. The lowest BCUT2D eigenvalue weighted by atomic mass is 9.93. The molecule has 0 aromatic heterocycles. The van der Waals surface area contributed by atoms with Gasteiger partial charge in [0.05, 0.1) is 5.60 Å². The number of hydrogen-bond acceptors (Lipinski definition) is 2. The quantitative estimate of drug-likeness (QED) is 0.801. The van der Waals surface area contributed by atoms with E-state index in [9.17, 15) is 5.11 Å². The second-order valence-electron chi connectivity index (χ2n) is 5.23. The maximum Gasteiger partial charge on any atom is 0.0992 e. The summed E-state index contributed by atoms with van der Waals surface area (Å²) >= 11 is 0. The fourth-order valence-electron chi connectivity index (χ4n) is 1.44. The van der Waals surface area contributed by atoms with Gasteiger partial charge < -0.3 is 10.4 Å². The van der Waals surface area contributed by atoms with Crippen LogP contribution in [-0.2, 0) is 5.60 Å². The zero-order valence-electron chi connectivity index (χ0n) is 10.7. The maximum atomic E-state index is 10.4. The van der Waals surface area contributed by atoms with Crippen molar-refractivity contribution in [1.29, 1.82) is 0 Å². The zero-order chi connectivity index (χ0) is 12.2. The second-order valence-corrected chi connectivity index (χ2v) is 5.23. The average Bonchev–Trinajstić information content (AvgIpc) is 2.28. The van der Waals surface area contributed by atoms with E-state index < -0.39 is 5.60 Å². The van der Waals surface area contributed by atoms with E-state index in [2.05, 4.69) is 26.1 Å². The number of aliphatic hydroxyl groups is 1. The molecule has 0 aliphatic rings. The first-order valence-corrected chi connectivity index (χ1v) is 5.90. The molecule has 2 heteroatoms. The summed E-state index contributed by atoms with van der Waals surface area (Å²) in [6.45, 7) is 8.85. The van der Waals surface area contributed by atoms with Crippen LogP contribution in [0.2, 0.25) is 0 Å². The molecule has 0 spiro atoms. The van der Waals surface area contributed by atoms with Crippen molar-refractivity contribution >= 4 is 0 Å². The van der Waals surface area contributed by atoms with Crippen LogP contribution in [0.5, 0.6) is 0 Å². The first kappa shape index (κ1) is 13.2. The molecule has 0 saturated carbocycles. The lowest BCUT2D eigenvalue weighted by molar-refractivity contribution is 0.0487. The molecule has 0 fully saturated rings. The number of β-amino-alcohol motifs (C(OH)–C–C–N with tert-alkyl or cyclic N) is 1. The molecule has 1 aromatic carbocycles. The lowest BCUT2D eigenvalue weighted by Crippen LogP contribution is -2.46. The van der Waals surface area contributed by atoms with Gasteiger partial charge in [0.25, 0.3) is 0 Å². The van der Waals surface area contributed by atoms with E-state index in [0.717, 1.165) is 12.0 Å². The third-order valence-corrected chi connectivity index (χ3v) is 3.19. The van der Waals surface area contributed by atoms with Crippen molar-refractivity contribution in [3.63, 3.8) is 0 Å². The highest BCUT2D eigenvalue weighted by Gasteiger charge is 2.25. The highest BCUT2D eigenvalue weighted by Crippen LogP contribution is 2.20. The van der Waals surface area contributed by atoms with E-state index in [4.69, 9.17) is 0 Å². The zero-order valence-corrected chi connectivity index (χ0v) is 10.7. The Bertz CT molecular complexity index is 317. The van der Waals surface area contributed by atoms with Gasteiger partial charge in [-0.05, 0) is 32.8 Å². The van der Waals surface area contributed by atoms with E-state index in [-0.39, 0.29) is 5.54 Å².